The van der Waals surface area contributed by atoms with Gasteiger partial charge in [0.15, 0.2) is 11.6 Å². The van der Waals surface area contributed by atoms with Gasteiger partial charge in [-0.2, -0.15) is 0 Å². The summed E-state index contributed by atoms with van der Waals surface area (Å²) in [4.78, 5) is 25.3. The van der Waals surface area contributed by atoms with E-state index in [1.165, 1.54) is 48.5 Å². The number of benzene rings is 4. The van der Waals surface area contributed by atoms with Crippen molar-refractivity contribution in [2.24, 2.45) is 0 Å². The fourth-order valence-electron chi connectivity index (χ4n) is 3.31. The minimum atomic E-state index is -3.82. The van der Waals surface area contributed by atoms with Crippen LogP contribution in [0.4, 0.5) is 11.4 Å². The first-order valence-electron chi connectivity index (χ1n) is 10.0. The molecule has 0 unspecified atom stereocenters. The van der Waals surface area contributed by atoms with Crippen LogP contribution in [-0.2, 0) is 9.84 Å². The van der Waals surface area contributed by atoms with Gasteiger partial charge < -0.3 is 11.5 Å². The molecule has 4 aromatic rings. The zero-order valence-electron chi connectivity index (χ0n) is 17.4. The molecule has 4 rings (SSSR count). The van der Waals surface area contributed by atoms with Crippen molar-refractivity contribution in [3.05, 3.63) is 119 Å². The molecule has 0 saturated carbocycles. The van der Waals surface area contributed by atoms with Gasteiger partial charge in [-0.05, 0) is 97.1 Å². The van der Waals surface area contributed by atoms with Crippen LogP contribution >= 0.6 is 0 Å². The molecule has 0 fully saturated rings. The molecule has 6 nitrogen and oxygen atoms in total. The number of hydrogen-bond acceptors (Lipinski definition) is 6. The summed E-state index contributed by atoms with van der Waals surface area (Å²) in [6.45, 7) is 0. The van der Waals surface area contributed by atoms with Crippen LogP contribution in [0.15, 0.2) is 107 Å². The molecule has 4 N–H and O–H groups in total. The Labute approximate surface area is 191 Å². The summed E-state index contributed by atoms with van der Waals surface area (Å²) >= 11 is 0. The third-order valence-corrected chi connectivity index (χ3v) is 6.98. The number of nitrogen functional groups attached to an aromatic ring is 2. The first-order chi connectivity index (χ1) is 15.8. The lowest BCUT2D eigenvalue weighted by molar-refractivity contribution is 0.103. The Balaban J connectivity index is 1.55. The van der Waals surface area contributed by atoms with Crippen molar-refractivity contribution >= 4 is 32.8 Å². The second-order valence-corrected chi connectivity index (χ2v) is 9.40. The van der Waals surface area contributed by atoms with Crippen LogP contribution < -0.4 is 11.5 Å². The summed E-state index contributed by atoms with van der Waals surface area (Å²) in [5, 5.41) is 0. The molecule has 7 heteroatoms. The Kier molecular flexibility index (Phi) is 5.81. The summed E-state index contributed by atoms with van der Waals surface area (Å²) < 4.78 is 26.0. The summed E-state index contributed by atoms with van der Waals surface area (Å²) in [6, 6.07) is 24.5. The monoisotopic (exact) mass is 456 g/mol. The average Bonchev–Trinajstić information content (AvgIpc) is 2.84. The van der Waals surface area contributed by atoms with E-state index >= 15 is 0 Å². The summed E-state index contributed by atoms with van der Waals surface area (Å²) in [5.41, 5.74) is 14.0. The minimum absolute atomic E-state index is 0.0500. The third kappa shape index (κ3) is 4.53. The number of sulfone groups is 1. The van der Waals surface area contributed by atoms with Crippen molar-refractivity contribution < 1.29 is 18.0 Å². The molecule has 0 aliphatic heterocycles. The molecular formula is C26H20N2O4S. The Morgan fingerprint density at radius 1 is 0.455 bits per heavy atom. The van der Waals surface area contributed by atoms with E-state index in [4.69, 9.17) is 11.5 Å². The summed E-state index contributed by atoms with van der Waals surface area (Å²) in [7, 11) is -3.82. The van der Waals surface area contributed by atoms with Crippen molar-refractivity contribution in [2.75, 3.05) is 11.5 Å². The van der Waals surface area contributed by atoms with Gasteiger partial charge in [-0.1, -0.05) is 0 Å². The predicted molar refractivity (Wildman–Crippen MR) is 127 cm³/mol. The standard InChI is InChI=1S/C26H20N2O4S/c27-21-9-1-17(2-10-21)25(29)19-5-13-23(14-6-19)33(31,32)24-15-7-20(8-16-24)26(30)18-3-11-22(28)12-4-18/h1-16H,27-28H2. The number of nitrogens with two attached hydrogens (primary N) is 2. The van der Waals surface area contributed by atoms with Crippen LogP contribution in [-0.4, -0.2) is 20.0 Å². The van der Waals surface area contributed by atoms with Gasteiger partial charge in [0.25, 0.3) is 0 Å². The normalized spacial score (nSPS) is 11.2. The molecule has 164 valence electrons. The van der Waals surface area contributed by atoms with Gasteiger partial charge in [0.2, 0.25) is 9.84 Å². The maximum Gasteiger partial charge on any atom is 0.206 e. The molecule has 0 spiro atoms. The Bertz CT molecular complexity index is 1320. The highest BCUT2D eigenvalue weighted by Gasteiger charge is 2.19. The molecule has 0 amide bonds. The zero-order valence-corrected chi connectivity index (χ0v) is 18.3. The molecule has 0 heterocycles. The van der Waals surface area contributed by atoms with Gasteiger partial charge in [-0.3, -0.25) is 9.59 Å². The predicted octanol–water partition coefficient (Wildman–Crippen LogP) is 4.15. The van der Waals surface area contributed by atoms with E-state index in [0.29, 0.717) is 33.6 Å². The second-order valence-electron chi connectivity index (χ2n) is 7.45. The number of hydrogen-bond donors (Lipinski definition) is 2. The van der Waals surface area contributed by atoms with E-state index in [-0.39, 0.29) is 21.4 Å². The van der Waals surface area contributed by atoms with Crippen molar-refractivity contribution in [3.63, 3.8) is 0 Å². The van der Waals surface area contributed by atoms with Crippen LogP contribution in [0.1, 0.15) is 31.8 Å². The first kappa shape index (κ1) is 22.0. The van der Waals surface area contributed by atoms with E-state index in [1.807, 2.05) is 0 Å². The van der Waals surface area contributed by atoms with Crippen LogP contribution in [0.25, 0.3) is 0 Å². The highest BCUT2D eigenvalue weighted by molar-refractivity contribution is 7.91. The molecule has 0 bridgehead atoms. The third-order valence-electron chi connectivity index (χ3n) is 5.20. The van der Waals surface area contributed by atoms with Crippen molar-refractivity contribution in [1.29, 1.82) is 0 Å². The fourth-order valence-corrected chi connectivity index (χ4v) is 4.57. The quantitative estimate of drug-likeness (QED) is 0.332. The Morgan fingerprint density at radius 3 is 0.970 bits per heavy atom. The molecule has 0 radical (unpaired) electrons. The van der Waals surface area contributed by atoms with Crippen LogP contribution in [0, 0.1) is 0 Å². The lowest BCUT2D eigenvalue weighted by Crippen LogP contribution is -2.06. The summed E-state index contributed by atoms with van der Waals surface area (Å²) in [5.74, 6) is -0.464. The maximum absolute atomic E-state index is 13.0. The molecule has 0 saturated heterocycles. The van der Waals surface area contributed by atoms with Crippen molar-refractivity contribution in [3.8, 4) is 0 Å². The largest absolute Gasteiger partial charge is 0.399 e. The van der Waals surface area contributed by atoms with Crippen molar-refractivity contribution in [2.45, 2.75) is 9.79 Å². The van der Waals surface area contributed by atoms with Crippen LogP contribution in [0.5, 0.6) is 0 Å². The molecule has 4 aromatic carbocycles. The second kappa shape index (κ2) is 8.72. The SMILES string of the molecule is Nc1ccc(C(=O)c2ccc(S(=O)(=O)c3ccc(C(=O)c4ccc(N)cc4)cc3)cc2)cc1. The van der Waals surface area contributed by atoms with E-state index in [1.54, 1.807) is 48.5 Å². The van der Waals surface area contributed by atoms with Gasteiger partial charge in [-0.15, -0.1) is 0 Å². The topological polar surface area (TPSA) is 120 Å². The number of anilines is 2. The average molecular weight is 457 g/mol. The maximum atomic E-state index is 13.0. The summed E-state index contributed by atoms with van der Waals surface area (Å²) in [6.07, 6.45) is 0. The lowest BCUT2D eigenvalue weighted by Gasteiger charge is -2.08. The Morgan fingerprint density at radius 2 is 0.697 bits per heavy atom. The van der Waals surface area contributed by atoms with E-state index in [0.717, 1.165) is 0 Å². The number of carbonyl (C=O) groups excluding carboxylic acids is 2. The van der Waals surface area contributed by atoms with Gasteiger partial charge in [-0.25, -0.2) is 8.42 Å². The van der Waals surface area contributed by atoms with Gasteiger partial charge in [0.1, 0.15) is 0 Å². The smallest absolute Gasteiger partial charge is 0.206 e. The number of carbonyl (C=O) groups is 2. The van der Waals surface area contributed by atoms with Gasteiger partial charge in [0.05, 0.1) is 9.79 Å². The highest BCUT2D eigenvalue weighted by Crippen LogP contribution is 2.23. The number of rotatable bonds is 6. The molecule has 0 atom stereocenters. The fraction of sp³-hybridized carbons (Fsp3) is 0. The van der Waals surface area contributed by atoms with Crippen LogP contribution in [0.2, 0.25) is 0 Å². The molecule has 0 aliphatic carbocycles. The minimum Gasteiger partial charge on any atom is -0.399 e. The zero-order chi connectivity index (χ0) is 23.6. The highest BCUT2D eigenvalue weighted by atomic mass is 32.2. The van der Waals surface area contributed by atoms with E-state index < -0.39 is 9.84 Å². The lowest BCUT2D eigenvalue weighted by atomic mass is 10.0. The Hall–Kier alpha value is -4.23. The molecule has 0 aromatic heterocycles. The molecule has 33 heavy (non-hydrogen) atoms. The molecule has 0 aliphatic rings. The van der Waals surface area contributed by atoms with E-state index in [9.17, 15) is 18.0 Å². The van der Waals surface area contributed by atoms with Crippen molar-refractivity contribution in [1.82, 2.24) is 0 Å². The first-order valence-corrected chi connectivity index (χ1v) is 11.5. The van der Waals surface area contributed by atoms with E-state index in [2.05, 4.69) is 0 Å². The van der Waals surface area contributed by atoms with Gasteiger partial charge in [0, 0.05) is 33.6 Å². The number of ketones is 2. The van der Waals surface area contributed by atoms with Crippen LogP contribution in [0.3, 0.4) is 0 Å². The molecular weight excluding hydrogens is 436 g/mol. The van der Waals surface area contributed by atoms with Gasteiger partial charge >= 0.3 is 0 Å².